The van der Waals surface area contributed by atoms with Gasteiger partial charge in [-0.15, -0.1) is 0 Å². The minimum absolute atomic E-state index is 0.173. The molecule has 0 bridgehead atoms. The molecular formula is C17H17BrN2O4S. The van der Waals surface area contributed by atoms with Gasteiger partial charge in [0.2, 0.25) is 10.0 Å². The van der Waals surface area contributed by atoms with Crippen LogP contribution in [0.1, 0.15) is 6.42 Å². The summed E-state index contributed by atoms with van der Waals surface area (Å²) in [6, 6.07) is 14.0. The van der Waals surface area contributed by atoms with E-state index in [0.29, 0.717) is 17.1 Å². The highest BCUT2D eigenvalue weighted by molar-refractivity contribution is 9.10. The van der Waals surface area contributed by atoms with E-state index in [1.807, 2.05) is 12.1 Å². The number of nitrogens with one attached hydrogen (secondary N) is 1. The summed E-state index contributed by atoms with van der Waals surface area (Å²) in [5.74, 6) is 0.0584. The maximum atomic E-state index is 12.6. The normalized spacial score (nSPS) is 17.2. The number of carbonyl (C=O) groups is 1. The molecule has 1 atom stereocenters. The van der Waals surface area contributed by atoms with Gasteiger partial charge in [0.05, 0.1) is 11.9 Å². The third kappa shape index (κ3) is 4.13. The molecule has 3 rings (SSSR count). The van der Waals surface area contributed by atoms with E-state index in [1.165, 1.54) is 4.31 Å². The molecule has 1 N–H and O–H groups in total. The van der Waals surface area contributed by atoms with Gasteiger partial charge in [-0.3, -0.25) is 9.10 Å². The zero-order valence-electron chi connectivity index (χ0n) is 13.5. The first-order valence-corrected chi connectivity index (χ1v) is 10.3. The van der Waals surface area contributed by atoms with Crippen LogP contribution in [0.25, 0.3) is 0 Å². The van der Waals surface area contributed by atoms with Crippen molar-refractivity contribution < 1.29 is 17.9 Å². The predicted octanol–water partition coefficient (Wildman–Crippen LogP) is 3.00. The Morgan fingerprint density at radius 2 is 2.00 bits per heavy atom. The fourth-order valence-electron chi connectivity index (χ4n) is 2.65. The van der Waals surface area contributed by atoms with Crippen LogP contribution < -0.4 is 14.4 Å². The average molecular weight is 425 g/mol. The molecule has 1 heterocycles. The SMILES string of the molecule is CS(=O)(=O)N1CC[C@@H](C(=O)Nc2cccc(Br)c2)Oc2ccccc21. The van der Waals surface area contributed by atoms with Gasteiger partial charge in [-0.05, 0) is 30.3 Å². The van der Waals surface area contributed by atoms with Crippen molar-refractivity contribution in [1.29, 1.82) is 0 Å². The summed E-state index contributed by atoms with van der Waals surface area (Å²) < 4.78 is 32.1. The Morgan fingerprint density at radius 1 is 1.24 bits per heavy atom. The minimum Gasteiger partial charge on any atom is -0.478 e. The van der Waals surface area contributed by atoms with E-state index in [2.05, 4.69) is 21.2 Å². The molecule has 1 amide bonds. The molecule has 0 saturated carbocycles. The Hall–Kier alpha value is -2.06. The minimum atomic E-state index is -3.46. The van der Waals surface area contributed by atoms with Crippen LogP contribution in [-0.4, -0.2) is 33.2 Å². The highest BCUT2D eigenvalue weighted by atomic mass is 79.9. The molecule has 0 fully saturated rings. The molecule has 0 radical (unpaired) electrons. The Kier molecular flexibility index (Phi) is 5.01. The molecule has 6 nitrogen and oxygen atoms in total. The number of carbonyl (C=O) groups excluding carboxylic acids is 1. The Balaban J connectivity index is 1.85. The van der Waals surface area contributed by atoms with Crippen LogP contribution in [0.5, 0.6) is 5.75 Å². The first-order valence-electron chi connectivity index (χ1n) is 7.64. The zero-order chi connectivity index (χ0) is 18.0. The summed E-state index contributed by atoms with van der Waals surface area (Å²) in [4.78, 5) is 12.6. The molecule has 8 heteroatoms. The van der Waals surface area contributed by atoms with E-state index < -0.39 is 16.1 Å². The van der Waals surface area contributed by atoms with Gasteiger partial charge >= 0.3 is 0 Å². The van der Waals surface area contributed by atoms with Crippen molar-refractivity contribution in [2.75, 3.05) is 22.4 Å². The van der Waals surface area contributed by atoms with Crippen molar-refractivity contribution >= 4 is 43.2 Å². The highest BCUT2D eigenvalue weighted by Crippen LogP contribution is 2.34. The number of hydrogen-bond acceptors (Lipinski definition) is 4. The van der Waals surface area contributed by atoms with Crippen molar-refractivity contribution in [3.05, 3.63) is 53.0 Å². The first-order chi connectivity index (χ1) is 11.8. The van der Waals surface area contributed by atoms with Crippen LogP contribution in [-0.2, 0) is 14.8 Å². The number of hydrogen-bond donors (Lipinski definition) is 1. The fourth-order valence-corrected chi connectivity index (χ4v) is 3.99. The van der Waals surface area contributed by atoms with Crippen LogP contribution in [0.3, 0.4) is 0 Å². The number of rotatable bonds is 3. The van der Waals surface area contributed by atoms with Gasteiger partial charge in [0.15, 0.2) is 6.10 Å². The second kappa shape index (κ2) is 7.05. The van der Waals surface area contributed by atoms with Crippen LogP contribution in [0.4, 0.5) is 11.4 Å². The summed E-state index contributed by atoms with van der Waals surface area (Å²) in [6.45, 7) is 0.173. The lowest BCUT2D eigenvalue weighted by atomic mass is 10.2. The molecule has 132 valence electrons. The number of benzene rings is 2. The standard InChI is InChI=1S/C17H17BrN2O4S/c1-25(22,23)20-10-9-16(24-15-8-3-2-7-14(15)20)17(21)19-13-6-4-5-12(18)11-13/h2-8,11,16H,9-10H2,1H3,(H,19,21)/t16-/m0/s1. The number of ether oxygens (including phenoxy) is 1. The van der Waals surface area contributed by atoms with Crippen LogP contribution in [0.15, 0.2) is 53.0 Å². The lowest BCUT2D eigenvalue weighted by molar-refractivity contribution is -0.122. The number of halogens is 1. The summed E-state index contributed by atoms with van der Waals surface area (Å²) >= 11 is 3.36. The van der Waals surface area contributed by atoms with Gasteiger partial charge in [0, 0.05) is 23.1 Å². The van der Waals surface area contributed by atoms with Gasteiger partial charge in [-0.25, -0.2) is 8.42 Å². The molecule has 0 aliphatic carbocycles. The van der Waals surface area contributed by atoms with E-state index >= 15 is 0 Å². The zero-order valence-corrected chi connectivity index (χ0v) is 15.9. The second-order valence-corrected chi connectivity index (χ2v) is 8.52. The third-order valence-electron chi connectivity index (χ3n) is 3.78. The maximum Gasteiger partial charge on any atom is 0.265 e. The van der Waals surface area contributed by atoms with Crippen molar-refractivity contribution in [2.24, 2.45) is 0 Å². The fraction of sp³-hybridized carbons (Fsp3) is 0.235. The van der Waals surface area contributed by atoms with Crippen molar-refractivity contribution in [2.45, 2.75) is 12.5 Å². The Bertz CT molecular complexity index is 901. The molecule has 0 aromatic heterocycles. The molecule has 2 aromatic carbocycles. The number of anilines is 2. The van der Waals surface area contributed by atoms with Gasteiger partial charge in [-0.1, -0.05) is 34.1 Å². The number of fused-ring (bicyclic) bond motifs is 1. The van der Waals surface area contributed by atoms with E-state index in [1.54, 1.807) is 36.4 Å². The average Bonchev–Trinajstić information content (AvgIpc) is 2.74. The molecule has 1 aliphatic rings. The predicted molar refractivity (Wildman–Crippen MR) is 100 cm³/mol. The lowest BCUT2D eigenvalue weighted by Gasteiger charge is -2.20. The molecular weight excluding hydrogens is 408 g/mol. The summed E-state index contributed by atoms with van der Waals surface area (Å²) in [5, 5.41) is 2.80. The molecule has 0 unspecified atom stereocenters. The van der Waals surface area contributed by atoms with Gasteiger partial charge in [0.25, 0.3) is 5.91 Å². The van der Waals surface area contributed by atoms with E-state index in [4.69, 9.17) is 4.74 Å². The summed E-state index contributed by atoms with van der Waals surface area (Å²) in [5.41, 5.74) is 1.09. The Labute approximate surface area is 155 Å². The van der Waals surface area contributed by atoms with Crippen molar-refractivity contribution in [3.8, 4) is 5.75 Å². The van der Waals surface area contributed by atoms with E-state index in [9.17, 15) is 13.2 Å². The lowest BCUT2D eigenvalue weighted by Crippen LogP contribution is -2.35. The van der Waals surface area contributed by atoms with Gasteiger partial charge in [0.1, 0.15) is 5.75 Å². The molecule has 1 aliphatic heterocycles. The van der Waals surface area contributed by atoms with E-state index in [0.717, 1.165) is 10.7 Å². The maximum absolute atomic E-state index is 12.6. The number of sulfonamides is 1. The third-order valence-corrected chi connectivity index (χ3v) is 5.46. The van der Waals surface area contributed by atoms with Crippen molar-refractivity contribution in [1.82, 2.24) is 0 Å². The second-order valence-electron chi connectivity index (χ2n) is 5.70. The Morgan fingerprint density at radius 3 is 2.72 bits per heavy atom. The van der Waals surface area contributed by atoms with Crippen LogP contribution >= 0.6 is 15.9 Å². The van der Waals surface area contributed by atoms with E-state index in [-0.39, 0.29) is 18.9 Å². The molecule has 2 aromatic rings. The first kappa shape index (κ1) is 17.8. The smallest absolute Gasteiger partial charge is 0.265 e. The molecule has 0 saturated heterocycles. The molecule has 25 heavy (non-hydrogen) atoms. The number of para-hydroxylation sites is 2. The molecule has 0 spiro atoms. The van der Waals surface area contributed by atoms with Crippen molar-refractivity contribution in [3.63, 3.8) is 0 Å². The summed E-state index contributed by atoms with van der Waals surface area (Å²) in [6.07, 6.45) is 0.611. The van der Waals surface area contributed by atoms with Crippen LogP contribution in [0.2, 0.25) is 0 Å². The monoisotopic (exact) mass is 424 g/mol. The quantitative estimate of drug-likeness (QED) is 0.821. The largest absolute Gasteiger partial charge is 0.478 e. The van der Waals surface area contributed by atoms with Crippen LogP contribution in [0, 0.1) is 0 Å². The number of nitrogens with zero attached hydrogens (tertiary/aromatic N) is 1. The topological polar surface area (TPSA) is 75.7 Å². The number of amides is 1. The van der Waals surface area contributed by atoms with Gasteiger partial charge in [-0.2, -0.15) is 0 Å². The van der Waals surface area contributed by atoms with Gasteiger partial charge < -0.3 is 10.1 Å². The highest BCUT2D eigenvalue weighted by Gasteiger charge is 2.31. The summed E-state index contributed by atoms with van der Waals surface area (Å²) in [7, 11) is -3.46.